The van der Waals surface area contributed by atoms with E-state index >= 15 is 0 Å². The van der Waals surface area contributed by atoms with E-state index in [1.165, 1.54) is 0 Å². The van der Waals surface area contributed by atoms with E-state index in [0.29, 0.717) is 0 Å². The van der Waals surface area contributed by atoms with Gasteiger partial charge in [-0.3, -0.25) is 0 Å². The van der Waals surface area contributed by atoms with Crippen LogP contribution < -0.4 is 0 Å². The van der Waals surface area contributed by atoms with Crippen LogP contribution in [0.3, 0.4) is 0 Å². The van der Waals surface area contributed by atoms with Gasteiger partial charge in [0.15, 0.2) is 0 Å². The quantitative estimate of drug-likeness (QED) is 0.418. The van der Waals surface area contributed by atoms with Crippen molar-refractivity contribution in [2.75, 3.05) is 21.3 Å². The van der Waals surface area contributed by atoms with Gasteiger partial charge >= 0.3 is 8.60 Å². The predicted octanol–water partition coefficient (Wildman–Crippen LogP) is 0.772. The van der Waals surface area contributed by atoms with E-state index in [1.807, 2.05) is 0 Å². The Kier molecular flexibility index (Phi) is 11.5. The number of rotatable bonds is 3. The van der Waals surface area contributed by atoms with Crippen LogP contribution in [0.5, 0.6) is 0 Å². The van der Waals surface area contributed by atoms with Crippen molar-refractivity contribution in [3.8, 4) is 0 Å². The summed E-state index contributed by atoms with van der Waals surface area (Å²) in [4.78, 5) is 0. The fourth-order valence-electron chi connectivity index (χ4n) is 0.224. The Morgan fingerprint density at radius 2 is 1.12 bits per heavy atom. The molecule has 0 fully saturated rings. The van der Waals surface area contributed by atoms with Crippen molar-refractivity contribution >= 4 is 27.5 Å². The zero-order valence-corrected chi connectivity index (χ0v) is 6.57. The monoisotopic (exact) mass is 131 g/mol. The Morgan fingerprint density at radius 3 is 1.12 bits per heavy atom. The Morgan fingerprint density at radius 1 is 0.875 bits per heavy atom. The maximum Gasteiger partial charge on any atom is 0.331 e. The molecular weight excluding hydrogens is 122 g/mol. The summed E-state index contributed by atoms with van der Waals surface area (Å²) in [6.45, 7) is 0. The fraction of sp³-hybridized carbons (Fsp3) is 1.00. The summed E-state index contributed by atoms with van der Waals surface area (Å²) >= 11 is 0. The minimum atomic E-state index is -1.05. The Balaban J connectivity index is 0. The zero-order chi connectivity index (χ0) is 5.70. The van der Waals surface area contributed by atoms with Crippen LogP contribution in [0.25, 0.3) is 0 Å². The molecule has 0 aromatic rings. The summed E-state index contributed by atoms with van der Waals surface area (Å²) in [7, 11) is 3.57. The maximum absolute atomic E-state index is 4.67. The van der Waals surface area contributed by atoms with E-state index in [-0.39, 0.29) is 18.9 Å². The molecule has 0 heterocycles. The predicted molar refractivity (Wildman–Crippen MR) is 33.7 cm³/mol. The second-order valence-electron chi connectivity index (χ2n) is 0.771. The van der Waals surface area contributed by atoms with Gasteiger partial charge in [-0.2, -0.15) is 0 Å². The standard InChI is InChI=1S/C3H9O3P.Li/c1-4-7(5-2)6-3;/h1-3H3;. The van der Waals surface area contributed by atoms with E-state index in [2.05, 4.69) is 13.6 Å². The van der Waals surface area contributed by atoms with Crippen LogP contribution in [0.2, 0.25) is 0 Å². The van der Waals surface area contributed by atoms with Crippen molar-refractivity contribution in [3.05, 3.63) is 0 Å². The second kappa shape index (κ2) is 7.91. The molecule has 45 valence electrons. The molecule has 1 radical (unpaired) electrons. The Hall–Kier alpha value is 0.907. The van der Waals surface area contributed by atoms with Crippen LogP contribution in [-0.4, -0.2) is 40.2 Å². The second-order valence-corrected chi connectivity index (χ2v) is 2.31. The van der Waals surface area contributed by atoms with Crippen LogP contribution >= 0.6 is 8.60 Å². The first-order valence-corrected chi connectivity index (χ1v) is 2.87. The molecule has 0 unspecified atom stereocenters. The maximum atomic E-state index is 4.67. The molecule has 0 bridgehead atoms. The molecule has 0 rings (SSSR count). The van der Waals surface area contributed by atoms with E-state index < -0.39 is 8.60 Å². The normalized spacial score (nSPS) is 9.00. The minimum absolute atomic E-state index is 0. The summed E-state index contributed by atoms with van der Waals surface area (Å²) in [5, 5.41) is 0. The van der Waals surface area contributed by atoms with Gasteiger partial charge in [0.05, 0.1) is 0 Å². The molecule has 0 N–H and O–H groups in total. The Bertz CT molecular complexity index is 36.0. The molecule has 0 aromatic carbocycles. The van der Waals surface area contributed by atoms with Crippen molar-refractivity contribution < 1.29 is 13.6 Å². The zero-order valence-electron chi connectivity index (χ0n) is 5.67. The Labute approximate surface area is 62.9 Å². The van der Waals surface area contributed by atoms with Gasteiger partial charge < -0.3 is 13.6 Å². The molecule has 0 amide bonds. The van der Waals surface area contributed by atoms with Gasteiger partial charge in [-0.1, -0.05) is 0 Å². The van der Waals surface area contributed by atoms with Crippen molar-refractivity contribution in [1.29, 1.82) is 0 Å². The summed E-state index contributed by atoms with van der Waals surface area (Å²) in [6.07, 6.45) is 0. The number of hydrogen-bond acceptors (Lipinski definition) is 3. The summed E-state index contributed by atoms with van der Waals surface area (Å²) in [5.74, 6) is 0. The molecule has 0 spiro atoms. The average Bonchev–Trinajstić information content (AvgIpc) is 1.72. The largest absolute Gasteiger partial charge is 0.331 e. The molecule has 0 aliphatic carbocycles. The van der Waals surface area contributed by atoms with Crippen molar-refractivity contribution in [2.24, 2.45) is 0 Å². The molecule has 8 heavy (non-hydrogen) atoms. The summed E-state index contributed by atoms with van der Waals surface area (Å²) < 4.78 is 14.0. The average molecular weight is 131 g/mol. The number of hydrogen-bond donors (Lipinski definition) is 0. The van der Waals surface area contributed by atoms with Gasteiger partial charge in [-0.25, -0.2) is 0 Å². The van der Waals surface area contributed by atoms with E-state index in [0.717, 1.165) is 0 Å². The smallest absolute Gasteiger partial charge is 0.316 e. The molecule has 0 saturated heterocycles. The molecular formula is C3H9LiO3P. The van der Waals surface area contributed by atoms with Crippen LogP contribution in [0.4, 0.5) is 0 Å². The van der Waals surface area contributed by atoms with Crippen LogP contribution in [0.15, 0.2) is 0 Å². The van der Waals surface area contributed by atoms with Gasteiger partial charge in [0.2, 0.25) is 0 Å². The van der Waals surface area contributed by atoms with Crippen molar-refractivity contribution in [2.45, 2.75) is 0 Å². The third-order valence-electron chi connectivity index (χ3n) is 0.447. The molecule has 0 aromatic heterocycles. The van der Waals surface area contributed by atoms with Gasteiger partial charge in [0, 0.05) is 40.2 Å². The first-order chi connectivity index (χ1) is 3.35. The first-order valence-electron chi connectivity index (χ1n) is 1.77. The van der Waals surface area contributed by atoms with Gasteiger partial charge in [0.25, 0.3) is 0 Å². The molecule has 0 atom stereocenters. The minimum Gasteiger partial charge on any atom is -0.316 e. The van der Waals surface area contributed by atoms with E-state index in [4.69, 9.17) is 0 Å². The van der Waals surface area contributed by atoms with E-state index in [1.54, 1.807) is 21.3 Å². The topological polar surface area (TPSA) is 27.7 Å². The van der Waals surface area contributed by atoms with Crippen LogP contribution in [-0.2, 0) is 13.6 Å². The van der Waals surface area contributed by atoms with E-state index in [9.17, 15) is 0 Å². The van der Waals surface area contributed by atoms with Crippen LogP contribution in [0.1, 0.15) is 0 Å². The first kappa shape index (κ1) is 11.7. The third kappa shape index (κ3) is 5.05. The van der Waals surface area contributed by atoms with Gasteiger partial charge in [0.1, 0.15) is 0 Å². The van der Waals surface area contributed by atoms with Crippen LogP contribution in [0, 0.1) is 0 Å². The fourth-order valence-corrected chi connectivity index (χ4v) is 0.671. The summed E-state index contributed by atoms with van der Waals surface area (Å²) in [6, 6.07) is 0. The van der Waals surface area contributed by atoms with Crippen molar-refractivity contribution in [3.63, 3.8) is 0 Å². The SMILES string of the molecule is COP(OC)OC.[Li]. The van der Waals surface area contributed by atoms with Crippen molar-refractivity contribution in [1.82, 2.24) is 0 Å². The molecule has 3 nitrogen and oxygen atoms in total. The molecule has 5 heteroatoms. The molecule has 0 aliphatic rings. The molecule has 0 saturated carbocycles. The van der Waals surface area contributed by atoms with Gasteiger partial charge in [-0.05, 0) is 0 Å². The molecule has 0 aliphatic heterocycles. The summed E-state index contributed by atoms with van der Waals surface area (Å²) in [5.41, 5.74) is 0. The van der Waals surface area contributed by atoms with Gasteiger partial charge in [-0.15, -0.1) is 0 Å². The third-order valence-corrected chi connectivity index (χ3v) is 1.34.